The Bertz CT molecular complexity index is 599. The van der Waals surface area contributed by atoms with Gasteiger partial charge >= 0.3 is 0 Å². The Kier molecular flexibility index (Phi) is 4.09. The van der Waals surface area contributed by atoms with E-state index < -0.39 is 10.0 Å². The summed E-state index contributed by atoms with van der Waals surface area (Å²) in [6, 6.07) is 1.96. The van der Waals surface area contributed by atoms with Crippen LogP contribution >= 0.6 is 0 Å². The maximum atomic E-state index is 12.5. The number of aliphatic hydroxyl groups excluding tert-OH is 1. The van der Waals surface area contributed by atoms with E-state index in [1.807, 2.05) is 11.6 Å². The molecule has 0 unspecified atom stereocenters. The topological polar surface area (TPSA) is 74.6 Å². The molecule has 0 atom stereocenters. The van der Waals surface area contributed by atoms with Crippen LogP contribution in [0.25, 0.3) is 0 Å². The number of nitrogens with one attached hydrogen (secondary N) is 1. The van der Waals surface area contributed by atoms with E-state index in [-0.39, 0.29) is 17.5 Å². The van der Waals surface area contributed by atoms with E-state index in [0.29, 0.717) is 11.7 Å². The Morgan fingerprint density at radius 3 is 2.52 bits per heavy atom. The van der Waals surface area contributed by atoms with Crippen LogP contribution < -0.4 is 4.72 Å². The number of sulfonamides is 1. The zero-order chi connectivity index (χ0) is 15.0. The molecule has 1 aromatic heterocycles. The van der Waals surface area contributed by atoms with Crippen molar-refractivity contribution in [1.29, 1.82) is 0 Å². The summed E-state index contributed by atoms with van der Waals surface area (Å²) >= 11 is 0. The Morgan fingerprint density at radius 1 is 1.29 bits per heavy atom. The highest BCUT2D eigenvalue weighted by Gasteiger charge is 2.29. The predicted octanol–water partition coefficient (Wildman–Crippen LogP) is 0.688. The lowest BCUT2D eigenvalue weighted by Crippen LogP contribution is -2.43. The lowest BCUT2D eigenvalue weighted by molar-refractivity contribution is 0.248. The quantitative estimate of drug-likeness (QED) is 0.839. The van der Waals surface area contributed by atoms with Crippen molar-refractivity contribution in [3.63, 3.8) is 0 Å². The Hall–Kier alpha value is -0.890. The van der Waals surface area contributed by atoms with Crippen molar-refractivity contribution in [2.45, 2.75) is 49.3 Å². The van der Waals surface area contributed by atoms with Crippen LogP contribution in [0.15, 0.2) is 17.2 Å². The second-order valence-corrected chi connectivity index (χ2v) is 7.88. The molecule has 2 aliphatic rings. The highest BCUT2D eigenvalue weighted by Crippen LogP contribution is 2.37. The van der Waals surface area contributed by atoms with Crippen LogP contribution in [-0.4, -0.2) is 49.2 Å². The summed E-state index contributed by atoms with van der Waals surface area (Å²) in [4.78, 5) is 2.48. The van der Waals surface area contributed by atoms with E-state index in [1.165, 1.54) is 0 Å². The first-order chi connectivity index (χ1) is 9.99. The van der Waals surface area contributed by atoms with Crippen molar-refractivity contribution in [3.05, 3.63) is 18.0 Å². The monoisotopic (exact) mass is 313 g/mol. The molecule has 0 bridgehead atoms. The summed E-state index contributed by atoms with van der Waals surface area (Å²) in [5.41, 5.74) is 0.682. The minimum Gasteiger partial charge on any atom is -0.390 e. The molecular weight excluding hydrogens is 290 g/mol. The van der Waals surface area contributed by atoms with E-state index in [2.05, 4.69) is 9.62 Å². The summed E-state index contributed by atoms with van der Waals surface area (Å²) in [6.07, 6.45) is 5.46. The van der Waals surface area contributed by atoms with Crippen LogP contribution in [0.3, 0.4) is 0 Å². The predicted molar refractivity (Wildman–Crippen MR) is 79.5 cm³/mol. The molecule has 1 saturated heterocycles. The van der Waals surface area contributed by atoms with Gasteiger partial charge in [0.15, 0.2) is 0 Å². The summed E-state index contributed by atoms with van der Waals surface area (Å²) in [6.45, 7) is 1.70. The summed E-state index contributed by atoms with van der Waals surface area (Å²) in [5, 5.41) is 9.38. The zero-order valence-electron chi connectivity index (χ0n) is 12.3. The third-order valence-electron chi connectivity index (χ3n) is 4.36. The number of hydrogen-bond acceptors (Lipinski definition) is 4. The van der Waals surface area contributed by atoms with Gasteiger partial charge in [0.1, 0.15) is 0 Å². The molecule has 6 nitrogen and oxygen atoms in total. The van der Waals surface area contributed by atoms with E-state index >= 15 is 0 Å². The number of piperidine rings is 1. The Labute approximate surface area is 125 Å². The van der Waals surface area contributed by atoms with Crippen molar-refractivity contribution in [1.82, 2.24) is 14.2 Å². The van der Waals surface area contributed by atoms with Gasteiger partial charge in [0.2, 0.25) is 10.0 Å². The minimum atomic E-state index is -3.50. The molecule has 3 rings (SSSR count). The molecule has 1 aromatic rings. The van der Waals surface area contributed by atoms with Gasteiger partial charge in [-0.2, -0.15) is 0 Å². The van der Waals surface area contributed by atoms with Crippen molar-refractivity contribution in [3.8, 4) is 0 Å². The van der Waals surface area contributed by atoms with Gasteiger partial charge < -0.3 is 14.6 Å². The number of nitrogens with zero attached hydrogens (tertiary/aromatic N) is 2. The lowest BCUT2D eigenvalue weighted by Gasteiger charge is -2.29. The van der Waals surface area contributed by atoms with Gasteiger partial charge in [-0.15, -0.1) is 0 Å². The molecule has 21 heavy (non-hydrogen) atoms. The van der Waals surface area contributed by atoms with E-state index in [1.54, 1.807) is 12.3 Å². The van der Waals surface area contributed by atoms with E-state index in [0.717, 1.165) is 38.8 Å². The van der Waals surface area contributed by atoms with Gasteiger partial charge in [-0.05, 0) is 51.9 Å². The van der Waals surface area contributed by atoms with Gasteiger partial charge in [0.05, 0.1) is 11.5 Å². The number of aromatic nitrogens is 1. The van der Waals surface area contributed by atoms with Crippen molar-refractivity contribution >= 4 is 10.0 Å². The van der Waals surface area contributed by atoms with Crippen LogP contribution in [0.1, 0.15) is 37.4 Å². The Morgan fingerprint density at radius 2 is 1.95 bits per heavy atom. The van der Waals surface area contributed by atoms with E-state index in [4.69, 9.17) is 0 Å². The molecular formula is C14H23N3O3S. The highest BCUT2D eigenvalue weighted by molar-refractivity contribution is 7.89. The summed E-state index contributed by atoms with van der Waals surface area (Å²) < 4.78 is 29.7. The fourth-order valence-electron chi connectivity index (χ4n) is 2.88. The third kappa shape index (κ3) is 3.31. The second-order valence-electron chi connectivity index (χ2n) is 6.16. The molecule has 1 saturated carbocycles. The first kappa shape index (κ1) is 15.0. The fraction of sp³-hybridized carbons (Fsp3) is 0.714. The lowest BCUT2D eigenvalue weighted by atomic mass is 10.1. The molecule has 1 aliphatic heterocycles. The summed E-state index contributed by atoms with van der Waals surface area (Å²) in [5.74, 6) is 0. The van der Waals surface area contributed by atoms with Crippen molar-refractivity contribution in [2.75, 3.05) is 20.1 Å². The minimum absolute atomic E-state index is 0.00746. The van der Waals surface area contributed by atoms with Crippen LogP contribution in [0.4, 0.5) is 0 Å². The number of aliphatic hydroxyl groups is 1. The molecule has 0 radical (unpaired) electrons. The number of rotatable bonds is 5. The van der Waals surface area contributed by atoms with Gasteiger partial charge in [0, 0.05) is 24.0 Å². The maximum absolute atomic E-state index is 12.5. The molecule has 2 N–H and O–H groups in total. The first-order valence-electron chi connectivity index (χ1n) is 7.52. The normalized spacial score (nSPS) is 21.8. The average molecular weight is 313 g/mol. The largest absolute Gasteiger partial charge is 0.390 e. The summed E-state index contributed by atoms with van der Waals surface area (Å²) in [7, 11) is -1.45. The molecule has 2 fully saturated rings. The van der Waals surface area contributed by atoms with Crippen LogP contribution in [0, 0.1) is 0 Å². The second kappa shape index (κ2) is 5.72. The smallest absolute Gasteiger partial charge is 0.242 e. The fourth-order valence-corrected chi connectivity index (χ4v) is 4.23. The zero-order valence-corrected chi connectivity index (χ0v) is 13.1. The van der Waals surface area contributed by atoms with Gasteiger partial charge in [-0.1, -0.05) is 0 Å². The number of hydrogen-bond donors (Lipinski definition) is 2. The van der Waals surface area contributed by atoms with Crippen LogP contribution in [0.2, 0.25) is 0 Å². The third-order valence-corrected chi connectivity index (χ3v) is 5.85. The van der Waals surface area contributed by atoms with Crippen molar-refractivity contribution < 1.29 is 13.5 Å². The van der Waals surface area contributed by atoms with Gasteiger partial charge in [0.25, 0.3) is 0 Å². The van der Waals surface area contributed by atoms with Gasteiger partial charge in [-0.25, -0.2) is 13.1 Å². The molecule has 2 heterocycles. The van der Waals surface area contributed by atoms with Crippen molar-refractivity contribution in [2.24, 2.45) is 0 Å². The standard InChI is InChI=1S/C14H23N3O3S/c1-16-6-4-11(5-7-16)15-21(19,20)14-8-13(10-18)17(9-14)12-2-3-12/h8-9,11-12,15,18H,2-7,10H2,1H3. The maximum Gasteiger partial charge on any atom is 0.242 e. The van der Waals surface area contributed by atoms with Gasteiger partial charge in [-0.3, -0.25) is 0 Å². The molecule has 0 amide bonds. The molecule has 0 spiro atoms. The first-order valence-corrected chi connectivity index (χ1v) is 9.00. The molecule has 7 heteroatoms. The number of likely N-dealkylation sites (tertiary alicyclic amines) is 1. The van der Waals surface area contributed by atoms with Crippen LogP contribution in [-0.2, 0) is 16.6 Å². The SMILES string of the molecule is CN1CCC(NS(=O)(=O)c2cc(CO)n(C3CC3)c2)CC1. The average Bonchev–Trinajstić information content (AvgIpc) is 3.19. The highest BCUT2D eigenvalue weighted by atomic mass is 32.2. The molecule has 0 aromatic carbocycles. The molecule has 1 aliphatic carbocycles. The van der Waals surface area contributed by atoms with E-state index in [9.17, 15) is 13.5 Å². The Balaban J connectivity index is 1.75. The van der Waals surface area contributed by atoms with Crippen LogP contribution in [0.5, 0.6) is 0 Å². The molecule has 118 valence electrons.